The number of para-hydroxylation sites is 1. The molecule has 0 unspecified atom stereocenters. The molecule has 0 radical (unpaired) electrons. The first-order valence-electron chi connectivity index (χ1n) is 19.2. The van der Waals surface area contributed by atoms with Crippen LogP contribution in [0.25, 0.3) is 120 Å². The van der Waals surface area contributed by atoms with E-state index in [0.29, 0.717) is 0 Å². The Morgan fingerprint density at radius 1 is 0.286 bits per heavy atom. The molecule has 13 rings (SSSR count). The lowest BCUT2D eigenvalue weighted by atomic mass is 9.88. The molecule has 0 bridgehead atoms. The third-order valence-corrected chi connectivity index (χ3v) is 12.2. The largest absolute Gasteiger partial charge is 0.456 e. The van der Waals surface area contributed by atoms with Gasteiger partial charge in [-0.2, -0.15) is 0 Å². The summed E-state index contributed by atoms with van der Waals surface area (Å²) in [6, 6.07) is 66.1. The summed E-state index contributed by atoms with van der Waals surface area (Å²) in [6.45, 7) is 0. The van der Waals surface area contributed by atoms with Crippen molar-refractivity contribution in [3.63, 3.8) is 0 Å². The second-order valence-corrected chi connectivity index (χ2v) is 15.1. The van der Waals surface area contributed by atoms with Gasteiger partial charge in [0.1, 0.15) is 22.7 Å². The van der Waals surface area contributed by atoms with Gasteiger partial charge in [-0.15, -0.1) is 0 Å². The van der Waals surface area contributed by atoms with Crippen LogP contribution in [0, 0.1) is 0 Å². The highest BCUT2D eigenvalue weighted by Crippen LogP contribution is 2.51. The molecular formula is C54H30O2. The summed E-state index contributed by atoms with van der Waals surface area (Å²) in [4.78, 5) is 0. The van der Waals surface area contributed by atoms with Crippen molar-refractivity contribution in [2.24, 2.45) is 0 Å². The average molecular weight is 711 g/mol. The maximum Gasteiger partial charge on any atom is 0.143 e. The zero-order chi connectivity index (χ0) is 36.5. The molecule has 2 heterocycles. The summed E-state index contributed by atoms with van der Waals surface area (Å²) in [5.74, 6) is 1.77. The fourth-order valence-electron chi connectivity index (χ4n) is 9.65. The standard InChI is InChI=1S/C54H30O2/c1-2-8-37-30-49-46(29-36(37)7-1)53-39(32-17-15-31(16-18-32)38-23-21-35-20-19-33-9-5-10-34-22-24-44(38)51(35)50(33)34)25-26-45(54(53)56-49)40-27-28-48-52-42(40)12-6-13-43(52)41-11-3-4-14-47(41)55-48/h1-30H. The van der Waals surface area contributed by atoms with Crippen LogP contribution in [0.3, 0.4) is 0 Å². The first kappa shape index (κ1) is 30.0. The number of hydrogen-bond donors (Lipinski definition) is 0. The van der Waals surface area contributed by atoms with Gasteiger partial charge in [-0.25, -0.2) is 0 Å². The molecule has 56 heavy (non-hydrogen) atoms. The van der Waals surface area contributed by atoms with Crippen LogP contribution in [0.2, 0.25) is 0 Å². The molecule has 2 nitrogen and oxygen atoms in total. The van der Waals surface area contributed by atoms with Crippen molar-refractivity contribution in [3.8, 4) is 56.0 Å². The number of fused-ring (bicyclic) bond motifs is 6. The van der Waals surface area contributed by atoms with Crippen LogP contribution >= 0.6 is 0 Å². The molecule has 11 aromatic carbocycles. The third kappa shape index (κ3) is 4.10. The molecule has 0 fully saturated rings. The molecule has 258 valence electrons. The molecule has 0 atom stereocenters. The minimum absolute atomic E-state index is 0.881. The van der Waals surface area contributed by atoms with E-state index in [1.54, 1.807) is 0 Å². The highest BCUT2D eigenvalue weighted by Gasteiger charge is 2.24. The van der Waals surface area contributed by atoms with Crippen molar-refractivity contribution in [3.05, 3.63) is 182 Å². The Morgan fingerprint density at radius 2 is 0.893 bits per heavy atom. The van der Waals surface area contributed by atoms with Gasteiger partial charge in [-0.1, -0.05) is 146 Å². The van der Waals surface area contributed by atoms with E-state index in [-0.39, 0.29) is 0 Å². The average Bonchev–Trinajstić information content (AvgIpc) is 3.63. The zero-order valence-electron chi connectivity index (χ0n) is 30.1. The predicted molar refractivity (Wildman–Crippen MR) is 234 cm³/mol. The van der Waals surface area contributed by atoms with Crippen molar-refractivity contribution in [2.75, 3.05) is 0 Å². The lowest BCUT2D eigenvalue weighted by Gasteiger charge is -2.22. The van der Waals surface area contributed by atoms with E-state index < -0.39 is 0 Å². The molecule has 0 aliphatic carbocycles. The van der Waals surface area contributed by atoms with Crippen molar-refractivity contribution >= 4 is 75.8 Å². The Labute approximate surface area is 321 Å². The third-order valence-electron chi connectivity index (χ3n) is 12.2. The minimum atomic E-state index is 0.881. The van der Waals surface area contributed by atoms with Gasteiger partial charge in [0.05, 0.1) is 0 Å². The predicted octanol–water partition coefficient (Wildman–Crippen LogP) is 15.6. The number of hydrogen-bond acceptors (Lipinski definition) is 2. The van der Waals surface area contributed by atoms with Crippen LogP contribution in [0.1, 0.15) is 0 Å². The van der Waals surface area contributed by atoms with Gasteiger partial charge in [0.15, 0.2) is 0 Å². The quantitative estimate of drug-likeness (QED) is 0.170. The number of rotatable bonds is 3. The molecule has 0 amide bonds. The maximum atomic E-state index is 6.98. The Balaban J connectivity index is 1.02. The number of ether oxygens (including phenoxy) is 1. The number of benzene rings is 11. The summed E-state index contributed by atoms with van der Waals surface area (Å²) < 4.78 is 13.4. The van der Waals surface area contributed by atoms with E-state index in [0.717, 1.165) is 77.4 Å². The summed E-state index contributed by atoms with van der Waals surface area (Å²) in [6.07, 6.45) is 0. The van der Waals surface area contributed by atoms with E-state index in [1.165, 1.54) is 54.4 Å². The van der Waals surface area contributed by atoms with Crippen molar-refractivity contribution in [1.29, 1.82) is 0 Å². The summed E-state index contributed by atoms with van der Waals surface area (Å²) in [5.41, 5.74) is 11.0. The van der Waals surface area contributed by atoms with Gasteiger partial charge in [-0.05, 0) is 118 Å². The first-order chi connectivity index (χ1) is 27.7. The van der Waals surface area contributed by atoms with Crippen molar-refractivity contribution < 1.29 is 9.15 Å². The van der Waals surface area contributed by atoms with E-state index >= 15 is 0 Å². The van der Waals surface area contributed by atoms with Crippen LogP contribution in [0.15, 0.2) is 186 Å². The van der Waals surface area contributed by atoms with Crippen LogP contribution in [0.4, 0.5) is 0 Å². The molecule has 1 aliphatic heterocycles. The molecule has 12 aromatic rings. The van der Waals surface area contributed by atoms with Crippen molar-refractivity contribution in [1.82, 2.24) is 0 Å². The highest BCUT2D eigenvalue weighted by atomic mass is 16.5. The molecule has 2 heteroatoms. The topological polar surface area (TPSA) is 22.4 Å². The lowest BCUT2D eigenvalue weighted by molar-refractivity contribution is 0.487. The normalized spacial score (nSPS) is 12.4. The molecule has 0 spiro atoms. The second-order valence-electron chi connectivity index (χ2n) is 15.1. The van der Waals surface area contributed by atoms with E-state index in [2.05, 4.69) is 170 Å². The summed E-state index contributed by atoms with van der Waals surface area (Å²) >= 11 is 0. The first-order valence-corrected chi connectivity index (χ1v) is 19.2. The van der Waals surface area contributed by atoms with Gasteiger partial charge in [0.2, 0.25) is 0 Å². The monoisotopic (exact) mass is 710 g/mol. The van der Waals surface area contributed by atoms with Crippen molar-refractivity contribution in [2.45, 2.75) is 0 Å². The van der Waals surface area contributed by atoms with E-state index in [1.807, 2.05) is 12.1 Å². The molecule has 0 saturated carbocycles. The van der Waals surface area contributed by atoms with Gasteiger partial charge >= 0.3 is 0 Å². The highest BCUT2D eigenvalue weighted by molar-refractivity contribution is 6.26. The van der Waals surface area contributed by atoms with Gasteiger partial charge in [-0.3, -0.25) is 0 Å². The molecule has 0 N–H and O–H groups in total. The molecule has 1 aromatic heterocycles. The molecular weight excluding hydrogens is 681 g/mol. The Bertz CT molecular complexity index is 3590. The number of furan rings is 1. The van der Waals surface area contributed by atoms with Gasteiger partial charge in [0, 0.05) is 27.3 Å². The summed E-state index contributed by atoms with van der Waals surface area (Å²) in [7, 11) is 0. The van der Waals surface area contributed by atoms with Crippen LogP contribution in [-0.4, -0.2) is 0 Å². The second kappa shape index (κ2) is 11.1. The van der Waals surface area contributed by atoms with Crippen LogP contribution < -0.4 is 4.74 Å². The smallest absolute Gasteiger partial charge is 0.143 e. The molecule has 0 saturated heterocycles. The lowest BCUT2D eigenvalue weighted by Crippen LogP contribution is -1.97. The van der Waals surface area contributed by atoms with E-state index in [9.17, 15) is 0 Å². The van der Waals surface area contributed by atoms with Gasteiger partial charge in [0.25, 0.3) is 0 Å². The fraction of sp³-hybridized carbons (Fsp3) is 0. The Hall–Kier alpha value is -7.42. The van der Waals surface area contributed by atoms with Crippen LogP contribution in [0.5, 0.6) is 11.5 Å². The van der Waals surface area contributed by atoms with E-state index in [4.69, 9.17) is 9.15 Å². The SMILES string of the molecule is c1ccc2c(c1)Oc1ccc(-c3ccc(-c4ccc(-c5ccc6ccc7cccc8ccc5c6c78)cc4)c4c3oc3cc5ccccc5cc34)c3cccc-2c13. The minimum Gasteiger partial charge on any atom is -0.456 e. The van der Waals surface area contributed by atoms with Gasteiger partial charge < -0.3 is 9.15 Å². The summed E-state index contributed by atoms with van der Waals surface area (Å²) in [5, 5.41) is 14.7. The maximum absolute atomic E-state index is 6.98. The fourth-order valence-corrected chi connectivity index (χ4v) is 9.65. The Kier molecular flexibility index (Phi) is 5.92. The van der Waals surface area contributed by atoms with Crippen LogP contribution in [-0.2, 0) is 0 Å². The zero-order valence-corrected chi connectivity index (χ0v) is 30.1. The molecule has 1 aliphatic rings. The Morgan fingerprint density at radius 3 is 1.75 bits per heavy atom.